The number of nitrogens with two attached hydrogens (primary N) is 1. The number of aryl methyl sites for hydroxylation is 2. The molecule has 0 amide bonds. The predicted octanol–water partition coefficient (Wildman–Crippen LogP) is 3.88. The number of aromatic nitrogens is 1. The lowest BCUT2D eigenvalue weighted by Crippen LogP contribution is -2.04. The molecule has 96 valence electrons. The summed E-state index contributed by atoms with van der Waals surface area (Å²) in [5.74, 6) is 0.451. The van der Waals surface area contributed by atoms with Gasteiger partial charge < -0.3 is 5.73 Å². The average Bonchev–Trinajstić information content (AvgIpc) is 2.82. The summed E-state index contributed by atoms with van der Waals surface area (Å²) in [6, 6.07) is 6.53. The van der Waals surface area contributed by atoms with Crippen LogP contribution < -0.4 is 5.73 Å². The van der Waals surface area contributed by atoms with Gasteiger partial charge in [0.25, 0.3) is 0 Å². The molecule has 3 heteroatoms. The minimum absolute atomic E-state index is 0.451. The molecule has 2 N–H and O–H groups in total. The largest absolute Gasteiger partial charge is 0.330 e. The van der Waals surface area contributed by atoms with E-state index < -0.39 is 0 Å². The third-order valence-corrected chi connectivity index (χ3v) is 4.29. The fourth-order valence-corrected chi connectivity index (χ4v) is 2.86. The van der Waals surface area contributed by atoms with Crippen molar-refractivity contribution < 1.29 is 0 Å². The summed E-state index contributed by atoms with van der Waals surface area (Å²) < 4.78 is 0. The lowest BCUT2D eigenvalue weighted by Gasteiger charge is -2.05. The van der Waals surface area contributed by atoms with Crippen molar-refractivity contribution in [1.82, 2.24) is 4.98 Å². The lowest BCUT2D eigenvalue weighted by molar-refractivity contribution is 0.675. The van der Waals surface area contributed by atoms with Gasteiger partial charge in [0.1, 0.15) is 5.01 Å². The fraction of sp³-hybridized carbons (Fsp3) is 0.400. The van der Waals surface area contributed by atoms with E-state index in [4.69, 9.17) is 10.7 Å². The Kier molecular flexibility index (Phi) is 4.15. The molecule has 2 rings (SSSR count). The maximum Gasteiger partial charge on any atom is 0.123 e. The Morgan fingerprint density at radius 3 is 2.72 bits per heavy atom. The van der Waals surface area contributed by atoms with Crippen molar-refractivity contribution in [2.24, 2.45) is 5.73 Å². The summed E-state index contributed by atoms with van der Waals surface area (Å²) in [4.78, 5) is 4.73. The molecule has 0 aliphatic heterocycles. The van der Waals surface area contributed by atoms with Gasteiger partial charge in [0.15, 0.2) is 0 Å². The van der Waals surface area contributed by atoms with Gasteiger partial charge in [-0.25, -0.2) is 4.98 Å². The molecule has 18 heavy (non-hydrogen) atoms. The summed E-state index contributed by atoms with van der Waals surface area (Å²) in [6.45, 7) is 7.18. The monoisotopic (exact) mass is 260 g/mol. The molecule has 1 unspecified atom stereocenters. The molecule has 0 radical (unpaired) electrons. The molecule has 1 aromatic carbocycles. The number of rotatable bonds is 4. The number of nitrogens with zero attached hydrogens (tertiary/aromatic N) is 1. The second kappa shape index (κ2) is 5.63. The summed E-state index contributed by atoms with van der Waals surface area (Å²) in [5.41, 5.74) is 10.6. The van der Waals surface area contributed by atoms with Gasteiger partial charge in [-0.05, 0) is 44.0 Å². The van der Waals surface area contributed by atoms with E-state index >= 15 is 0 Å². The molecule has 0 bridgehead atoms. The van der Waals surface area contributed by atoms with E-state index in [-0.39, 0.29) is 0 Å². The highest BCUT2D eigenvalue weighted by atomic mass is 32.1. The lowest BCUT2D eigenvalue weighted by atomic mass is 10.1. The molecule has 0 saturated heterocycles. The zero-order chi connectivity index (χ0) is 13.1. The van der Waals surface area contributed by atoms with Crippen LogP contribution in [0.5, 0.6) is 0 Å². The van der Waals surface area contributed by atoms with Gasteiger partial charge in [0.2, 0.25) is 0 Å². The molecule has 1 aromatic heterocycles. The first kappa shape index (κ1) is 13.2. The molecule has 1 atom stereocenters. The van der Waals surface area contributed by atoms with E-state index in [9.17, 15) is 0 Å². The van der Waals surface area contributed by atoms with E-state index in [2.05, 4.69) is 44.4 Å². The normalized spacial score (nSPS) is 12.7. The maximum atomic E-state index is 5.60. The van der Waals surface area contributed by atoms with Crippen LogP contribution in [-0.4, -0.2) is 11.5 Å². The molecule has 0 aliphatic rings. The van der Waals surface area contributed by atoms with E-state index in [1.54, 1.807) is 11.3 Å². The van der Waals surface area contributed by atoms with Gasteiger partial charge >= 0.3 is 0 Å². The van der Waals surface area contributed by atoms with Crippen molar-refractivity contribution in [2.75, 3.05) is 6.54 Å². The van der Waals surface area contributed by atoms with Gasteiger partial charge in [-0.15, -0.1) is 11.3 Å². The van der Waals surface area contributed by atoms with Gasteiger partial charge in [0, 0.05) is 16.9 Å². The van der Waals surface area contributed by atoms with Crippen molar-refractivity contribution in [1.29, 1.82) is 0 Å². The summed E-state index contributed by atoms with van der Waals surface area (Å²) in [6.07, 6.45) is 0.996. The molecule has 0 saturated carbocycles. The zero-order valence-corrected chi connectivity index (χ0v) is 12.1. The second-order valence-electron chi connectivity index (χ2n) is 4.85. The maximum absolute atomic E-state index is 5.60. The minimum Gasteiger partial charge on any atom is -0.330 e. The third kappa shape index (κ3) is 2.79. The molecular formula is C15H20N2S. The Balaban J connectivity index is 2.26. The van der Waals surface area contributed by atoms with Crippen LogP contribution >= 0.6 is 11.3 Å². The van der Waals surface area contributed by atoms with Crippen molar-refractivity contribution in [3.63, 3.8) is 0 Å². The van der Waals surface area contributed by atoms with Crippen LogP contribution in [0.1, 0.15) is 36.1 Å². The van der Waals surface area contributed by atoms with E-state index in [0.29, 0.717) is 5.92 Å². The Hall–Kier alpha value is -1.19. The smallest absolute Gasteiger partial charge is 0.123 e. The standard InChI is InChI=1S/C15H20N2S/c1-10-4-5-13(8-12(10)3)15-17-14(9-18-15)11(2)6-7-16/h4-5,8-9,11H,6-7,16H2,1-3H3. The minimum atomic E-state index is 0.451. The summed E-state index contributed by atoms with van der Waals surface area (Å²) in [7, 11) is 0. The first-order valence-electron chi connectivity index (χ1n) is 6.35. The molecular weight excluding hydrogens is 240 g/mol. The van der Waals surface area contributed by atoms with Gasteiger partial charge in [0.05, 0.1) is 5.69 Å². The molecule has 0 spiro atoms. The zero-order valence-electron chi connectivity index (χ0n) is 11.2. The molecule has 0 aliphatic carbocycles. The molecule has 1 heterocycles. The van der Waals surface area contributed by atoms with E-state index in [0.717, 1.165) is 18.0 Å². The van der Waals surface area contributed by atoms with Crippen LogP contribution in [0, 0.1) is 13.8 Å². The quantitative estimate of drug-likeness (QED) is 0.906. The highest BCUT2D eigenvalue weighted by molar-refractivity contribution is 7.13. The van der Waals surface area contributed by atoms with Gasteiger partial charge in [-0.1, -0.05) is 19.1 Å². The Labute approximate surface area is 113 Å². The highest BCUT2D eigenvalue weighted by Gasteiger charge is 2.10. The van der Waals surface area contributed by atoms with Crippen LogP contribution in [0.2, 0.25) is 0 Å². The van der Waals surface area contributed by atoms with Crippen molar-refractivity contribution >= 4 is 11.3 Å². The van der Waals surface area contributed by atoms with Gasteiger partial charge in [-0.3, -0.25) is 0 Å². The SMILES string of the molecule is Cc1ccc(-c2nc(C(C)CCN)cs2)cc1C. The number of hydrogen-bond donors (Lipinski definition) is 1. The van der Waals surface area contributed by atoms with Crippen LogP contribution in [0.4, 0.5) is 0 Å². The first-order chi connectivity index (χ1) is 8.61. The fourth-order valence-electron chi connectivity index (χ4n) is 1.92. The van der Waals surface area contributed by atoms with Crippen LogP contribution in [0.25, 0.3) is 10.6 Å². The van der Waals surface area contributed by atoms with E-state index in [1.165, 1.54) is 22.4 Å². The van der Waals surface area contributed by atoms with Crippen molar-refractivity contribution in [2.45, 2.75) is 33.1 Å². The molecule has 2 nitrogen and oxygen atoms in total. The third-order valence-electron chi connectivity index (χ3n) is 3.38. The van der Waals surface area contributed by atoms with E-state index in [1.807, 2.05) is 0 Å². The molecule has 0 fully saturated rings. The predicted molar refractivity (Wildman–Crippen MR) is 79.1 cm³/mol. The van der Waals surface area contributed by atoms with Gasteiger partial charge in [-0.2, -0.15) is 0 Å². The first-order valence-corrected chi connectivity index (χ1v) is 7.23. The Morgan fingerprint density at radius 2 is 2.06 bits per heavy atom. The molecule has 2 aromatic rings. The Bertz CT molecular complexity index is 531. The van der Waals surface area contributed by atoms with Crippen LogP contribution in [-0.2, 0) is 0 Å². The average molecular weight is 260 g/mol. The summed E-state index contributed by atoms with van der Waals surface area (Å²) >= 11 is 1.72. The Morgan fingerprint density at radius 1 is 1.28 bits per heavy atom. The second-order valence-corrected chi connectivity index (χ2v) is 5.71. The van der Waals surface area contributed by atoms with Crippen molar-refractivity contribution in [3.8, 4) is 10.6 Å². The number of thiazole rings is 1. The van der Waals surface area contributed by atoms with Crippen LogP contribution in [0.15, 0.2) is 23.6 Å². The topological polar surface area (TPSA) is 38.9 Å². The number of hydrogen-bond acceptors (Lipinski definition) is 3. The highest BCUT2D eigenvalue weighted by Crippen LogP contribution is 2.29. The summed E-state index contributed by atoms with van der Waals surface area (Å²) in [5, 5.41) is 3.27. The van der Waals surface area contributed by atoms with Crippen molar-refractivity contribution in [3.05, 3.63) is 40.4 Å². The van der Waals surface area contributed by atoms with Crippen LogP contribution in [0.3, 0.4) is 0 Å². The number of benzene rings is 1.